The van der Waals surface area contributed by atoms with E-state index in [4.69, 9.17) is 0 Å². The Balaban J connectivity index is 2.11. The third-order valence-corrected chi connectivity index (χ3v) is 3.84. The molecule has 3 unspecified atom stereocenters. The molecule has 5 heteroatoms. The van der Waals surface area contributed by atoms with Gasteiger partial charge in [-0.15, -0.1) is 0 Å². The highest BCUT2D eigenvalue weighted by atomic mass is 19.4. The third kappa shape index (κ3) is 3.73. The molecule has 2 nitrogen and oxygen atoms in total. The van der Waals surface area contributed by atoms with E-state index >= 15 is 0 Å². The molecule has 0 amide bonds. The predicted molar refractivity (Wildman–Crippen MR) is 71.3 cm³/mol. The minimum absolute atomic E-state index is 0.0278. The van der Waals surface area contributed by atoms with Gasteiger partial charge in [0.1, 0.15) is 0 Å². The normalized spacial score (nSPS) is 25.4. The molecule has 1 aromatic carbocycles. The lowest BCUT2D eigenvalue weighted by atomic mass is 9.91. The van der Waals surface area contributed by atoms with Gasteiger partial charge in [0.15, 0.2) is 0 Å². The Morgan fingerprint density at radius 2 is 2.00 bits per heavy atom. The predicted octanol–water partition coefficient (Wildman–Crippen LogP) is 3.66. The minimum Gasteiger partial charge on any atom is -0.388 e. The second-order valence-corrected chi connectivity index (χ2v) is 5.53. The minimum atomic E-state index is -4.43. The van der Waals surface area contributed by atoms with Crippen LogP contribution in [0, 0.1) is 0 Å². The van der Waals surface area contributed by atoms with Crippen LogP contribution in [0.25, 0.3) is 0 Å². The Bertz CT molecular complexity index is 447. The van der Waals surface area contributed by atoms with Gasteiger partial charge in [-0.25, -0.2) is 0 Å². The summed E-state index contributed by atoms with van der Waals surface area (Å²) in [5.41, 5.74) is -0.767. The van der Waals surface area contributed by atoms with E-state index in [-0.39, 0.29) is 11.6 Å². The first-order valence-corrected chi connectivity index (χ1v) is 6.98. The lowest BCUT2D eigenvalue weighted by Crippen LogP contribution is -2.41. The Morgan fingerprint density at radius 1 is 1.30 bits per heavy atom. The molecule has 112 valence electrons. The number of aliphatic hydroxyl groups is 1. The first-order valence-electron chi connectivity index (χ1n) is 6.98. The van der Waals surface area contributed by atoms with Crippen molar-refractivity contribution < 1.29 is 18.3 Å². The molecule has 20 heavy (non-hydrogen) atoms. The monoisotopic (exact) mass is 287 g/mol. The molecule has 0 aromatic heterocycles. The SMILES string of the molecule is CC1CCCC(CC(O)c2ccccc2C(F)(F)F)N1. The fourth-order valence-corrected chi connectivity index (χ4v) is 2.87. The summed E-state index contributed by atoms with van der Waals surface area (Å²) in [5.74, 6) is 0. The average Bonchev–Trinajstić information content (AvgIpc) is 2.37. The van der Waals surface area contributed by atoms with Crippen molar-refractivity contribution >= 4 is 0 Å². The van der Waals surface area contributed by atoms with Crippen molar-refractivity contribution in [3.63, 3.8) is 0 Å². The van der Waals surface area contributed by atoms with Crippen molar-refractivity contribution in [3.8, 4) is 0 Å². The maximum Gasteiger partial charge on any atom is 0.416 e. The van der Waals surface area contributed by atoms with Gasteiger partial charge in [0, 0.05) is 12.1 Å². The number of hydrogen-bond acceptors (Lipinski definition) is 2. The van der Waals surface area contributed by atoms with Crippen LogP contribution in [0.3, 0.4) is 0 Å². The van der Waals surface area contributed by atoms with E-state index in [1.807, 2.05) is 0 Å². The van der Waals surface area contributed by atoms with Gasteiger partial charge >= 0.3 is 6.18 Å². The van der Waals surface area contributed by atoms with Crippen LogP contribution in [-0.4, -0.2) is 17.2 Å². The molecule has 2 N–H and O–H groups in total. The summed E-state index contributed by atoms with van der Waals surface area (Å²) in [6.45, 7) is 2.06. The van der Waals surface area contributed by atoms with E-state index in [1.54, 1.807) is 0 Å². The van der Waals surface area contributed by atoms with Crippen molar-refractivity contribution in [2.75, 3.05) is 0 Å². The summed E-state index contributed by atoms with van der Waals surface area (Å²) in [4.78, 5) is 0. The van der Waals surface area contributed by atoms with E-state index in [0.29, 0.717) is 12.5 Å². The molecule has 1 heterocycles. The number of benzene rings is 1. The summed E-state index contributed by atoms with van der Waals surface area (Å²) in [7, 11) is 0. The second kappa shape index (κ2) is 6.14. The maximum absolute atomic E-state index is 12.9. The Kier molecular flexibility index (Phi) is 4.70. The molecule has 1 aliphatic rings. The van der Waals surface area contributed by atoms with E-state index in [0.717, 1.165) is 25.3 Å². The first-order chi connectivity index (χ1) is 9.38. The fraction of sp³-hybridized carbons (Fsp3) is 0.600. The van der Waals surface area contributed by atoms with Crippen molar-refractivity contribution in [1.29, 1.82) is 0 Å². The van der Waals surface area contributed by atoms with Gasteiger partial charge in [-0.05, 0) is 37.8 Å². The molecule has 0 saturated carbocycles. The molecule has 0 radical (unpaired) electrons. The van der Waals surface area contributed by atoms with Crippen LogP contribution in [0.1, 0.15) is 49.8 Å². The molecular weight excluding hydrogens is 267 g/mol. The smallest absolute Gasteiger partial charge is 0.388 e. The average molecular weight is 287 g/mol. The molecule has 1 saturated heterocycles. The summed E-state index contributed by atoms with van der Waals surface area (Å²) in [6.07, 6.45) is -2.17. The lowest BCUT2D eigenvalue weighted by molar-refractivity contribution is -0.139. The standard InChI is InChI=1S/C15H20F3NO/c1-10-5-4-6-11(19-10)9-14(20)12-7-2-3-8-13(12)15(16,17)18/h2-3,7-8,10-11,14,19-20H,4-6,9H2,1H3. The number of alkyl halides is 3. The zero-order valence-corrected chi connectivity index (χ0v) is 11.5. The van der Waals surface area contributed by atoms with Crippen LogP contribution >= 0.6 is 0 Å². The molecule has 3 atom stereocenters. The van der Waals surface area contributed by atoms with Gasteiger partial charge in [-0.1, -0.05) is 24.6 Å². The van der Waals surface area contributed by atoms with Crippen LogP contribution in [-0.2, 0) is 6.18 Å². The van der Waals surface area contributed by atoms with Gasteiger partial charge in [0.2, 0.25) is 0 Å². The Labute approximate surface area is 117 Å². The highest BCUT2D eigenvalue weighted by molar-refractivity contribution is 5.31. The Hall–Kier alpha value is -1.07. The molecule has 1 aliphatic heterocycles. The molecule has 0 aliphatic carbocycles. The van der Waals surface area contributed by atoms with Gasteiger partial charge in [-0.2, -0.15) is 13.2 Å². The molecule has 1 aromatic rings. The van der Waals surface area contributed by atoms with Crippen molar-refractivity contribution in [1.82, 2.24) is 5.32 Å². The topological polar surface area (TPSA) is 32.3 Å². The van der Waals surface area contributed by atoms with Gasteiger partial charge < -0.3 is 10.4 Å². The highest BCUT2D eigenvalue weighted by Gasteiger charge is 2.35. The Morgan fingerprint density at radius 3 is 2.65 bits per heavy atom. The lowest BCUT2D eigenvalue weighted by Gasteiger charge is -2.30. The number of hydrogen-bond donors (Lipinski definition) is 2. The molecular formula is C15H20F3NO. The molecule has 1 fully saturated rings. The molecule has 0 spiro atoms. The van der Waals surface area contributed by atoms with Crippen LogP contribution in [0.5, 0.6) is 0 Å². The van der Waals surface area contributed by atoms with Gasteiger partial charge in [0.25, 0.3) is 0 Å². The zero-order valence-electron chi connectivity index (χ0n) is 11.5. The molecule has 0 bridgehead atoms. The van der Waals surface area contributed by atoms with Gasteiger partial charge in [-0.3, -0.25) is 0 Å². The van der Waals surface area contributed by atoms with Gasteiger partial charge in [0.05, 0.1) is 11.7 Å². The fourth-order valence-electron chi connectivity index (χ4n) is 2.87. The first kappa shape index (κ1) is 15.3. The van der Waals surface area contributed by atoms with Crippen LogP contribution in [0.4, 0.5) is 13.2 Å². The summed E-state index contributed by atoms with van der Waals surface area (Å²) in [6, 6.07) is 5.70. The number of nitrogens with one attached hydrogen (secondary N) is 1. The largest absolute Gasteiger partial charge is 0.416 e. The van der Waals surface area contributed by atoms with Crippen LogP contribution in [0.15, 0.2) is 24.3 Å². The third-order valence-electron chi connectivity index (χ3n) is 3.84. The zero-order chi connectivity index (χ0) is 14.8. The summed E-state index contributed by atoms with van der Waals surface area (Å²) >= 11 is 0. The van der Waals surface area contributed by atoms with Crippen molar-refractivity contribution in [3.05, 3.63) is 35.4 Å². The summed E-state index contributed by atoms with van der Waals surface area (Å²) in [5, 5.41) is 13.5. The van der Waals surface area contributed by atoms with E-state index in [2.05, 4.69) is 12.2 Å². The van der Waals surface area contributed by atoms with E-state index in [1.165, 1.54) is 18.2 Å². The number of rotatable bonds is 3. The highest BCUT2D eigenvalue weighted by Crippen LogP contribution is 2.36. The van der Waals surface area contributed by atoms with E-state index in [9.17, 15) is 18.3 Å². The quantitative estimate of drug-likeness (QED) is 0.889. The number of piperidine rings is 1. The second-order valence-electron chi connectivity index (χ2n) is 5.53. The van der Waals surface area contributed by atoms with Crippen LogP contribution in [0.2, 0.25) is 0 Å². The molecule has 2 rings (SSSR count). The number of aliphatic hydroxyl groups excluding tert-OH is 1. The van der Waals surface area contributed by atoms with Crippen molar-refractivity contribution in [2.24, 2.45) is 0 Å². The number of halogens is 3. The summed E-state index contributed by atoms with van der Waals surface area (Å²) < 4.78 is 38.8. The van der Waals surface area contributed by atoms with E-state index < -0.39 is 17.8 Å². The van der Waals surface area contributed by atoms with Crippen LogP contribution < -0.4 is 5.32 Å². The maximum atomic E-state index is 12.9. The van der Waals surface area contributed by atoms with Crippen molar-refractivity contribution in [2.45, 2.75) is 57.0 Å².